The Morgan fingerprint density at radius 2 is 1.89 bits per heavy atom. The predicted molar refractivity (Wildman–Crippen MR) is 111 cm³/mol. The molecule has 1 aromatic heterocycles. The van der Waals surface area contributed by atoms with Gasteiger partial charge in [-0.1, -0.05) is 41.4 Å². The number of ether oxygens (including phenoxy) is 1. The van der Waals surface area contributed by atoms with E-state index >= 15 is 0 Å². The number of imidazole rings is 1. The Kier molecular flexibility index (Phi) is 7.16. The molecule has 2 N–H and O–H groups in total. The molecule has 0 bridgehead atoms. The molecule has 0 radical (unpaired) electrons. The number of benzene rings is 2. The summed E-state index contributed by atoms with van der Waals surface area (Å²) in [5.74, 6) is 0. The van der Waals surface area contributed by atoms with E-state index in [1.54, 1.807) is 12.3 Å². The third-order valence-corrected chi connectivity index (χ3v) is 5.04. The lowest BCUT2D eigenvalue weighted by Gasteiger charge is -2.19. The molecule has 0 amide bonds. The second-order valence-electron chi connectivity index (χ2n) is 6.52. The highest BCUT2D eigenvalue weighted by molar-refractivity contribution is 6.35. The minimum absolute atomic E-state index is 0.0692. The summed E-state index contributed by atoms with van der Waals surface area (Å²) in [7, 11) is 0. The third kappa shape index (κ3) is 6.28. The summed E-state index contributed by atoms with van der Waals surface area (Å²) in [6.07, 6.45) is 8.15. The molecule has 0 aliphatic rings. The van der Waals surface area contributed by atoms with Gasteiger partial charge in [0.05, 0.1) is 19.0 Å². The van der Waals surface area contributed by atoms with Gasteiger partial charge in [-0.25, -0.2) is 4.98 Å². The van der Waals surface area contributed by atoms with Gasteiger partial charge in [0, 0.05) is 34.7 Å². The van der Waals surface area contributed by atoms with Crippen molar-refractivity contribution in [1.82, 2.24) is 9.55 Å². The van der Waals surface area contributed by atoms with Crippen molar-refractivity contribution in [2.75, 3.05) is 12.3 Å². The van der Waals surface area contributed by atoms with Crippen LogP contribution in [-0.2, 0) is 24.1 Å². The maximum absolute atomic E-state index is 6.30. The molecule has 2 aromatic carbocycles. The van der Waals surface area contributed by atoms with E-state index in [-0.39, 0.29) is 6.10 Å². The summed E-state index contributed by atoms with van der Waals surface area (Å²) in [5.41, 5.74) is 8.81. The molecule has 4 nitrogen and oxygen atoms in total. The van der Waals surface area contributed by atoms with Gasteiger partial charge in [-0.3, -0.25) is 0 Å². The second kappa shape index (κ2) is 9.79. The van der Waals surface area contributed by atoms with Crippen LogP contribution in [-0.4, -0.2) is 22.3 Å². The summed E-state index contributed by atoms with van der Waals surface area (Å²) in [6, 6.07) is 13.5. The molecule has 0 fully saturated rings. The molecule has 3 rings (SSSR count). The summed E-state index contributed by atoms with van der Waals surface area (Å²) in [6.45, 7) is 1.41. The van der Waals surface area contributed by atoms with E-state index in [0.29, 0.717) is 16.7 Å². The highest BCUT2D eigenvalue weighted by Gasteiger charge is 2.12. The second-order valence-corrected chi connectivity index (χ2v) is 7.36. The number of nitrogens with two attached hydrogens (primary N) is 1. The Labute approximate surface area is 169 Å². The fourth-order valence-corrected chi connectivity index (χ4v) is 3.43. The smallest absolute Gasteiger partial charge is 0.0946 e. The highest BCUT2D eigenvalue weighted by Crippen LogP contribution is 2.23. The normalized spacial score (nSPS) is 12.2. The van der Waals surface area contributed by atoms with Gasteiger partial charge < -0.3 is 15.0 Å². The number of rotatable bonds is 9. The van der Waals surface area contributed by atoms with Crippen molar-refractivity contribution >= 4 is 28.9 Å². The molecule has 142 valence electrons. The molecule has 0 saturated heterocycles. The van der Waals surface area contributed by atoms with Crippen LogP contribution in [0, 0.1) is 0 Å². The van der Waals surface area contributed by atoms with Crippen LogP contribution in [0.15, 0.2) is 61.2 Å². The Morgan fingerprint density at radius 3 is 2.59 bits per heavy atom. The number of halogens is 2. The first kappa shape index (κ1) is 19.7. The minimum Gasteiger partial charge on any atom is -0.399 e. The molecule has 0 aliphatic heterocycles. The summed E-state index contributed by atoms with van der Waals surface area (Å²) in [5, 5.41) is 1.35. The van der Waals surface area contributed by atoms with E-state index in [9.17, 15) is 0 Å². The van der Waals surface area contributed by atoms with Gasteiger partial charge in [-0.15, -0.1) is 0 Å². The molecule has 27 heavy (non-hydrogen) atoms. The van der Waals surface area contributed by atoms with Gasteiger partial charge >= 0.3 is 0 Å². The first-order valence-corrected chi connectivity index (χ1v) is 9.71. The SMILES string of the molecule is Nc1ccc(CCOC(CCc2ccc(Cl)cc2Cl)Cn2ccnc2)cc1. The van der Waals surface area contributed by atoms with Gasteiger partial charge in [0.25, 0.3) is 0 Å². The molecule has 0 spiro atoms. The number of anilines is 1. The summed E-state index contributed by atoms with van der Waals surface area (Å²) >= 11 is 12.3. The first-order chi connectivity index (χ1) is 13.1. The maximum Gasteiger partial charge on any atom is 0.0946 e. The van der Waals surface area contributed by atoms with Crippen molar-refractivity contribution in [2.24, 2.45) is 0 Å². The maximum atomic E-state index is 6.30. The molecular weight excluding hydrogens is 381 g/mol. The Hall–Kier alpha value is -2.01. The quantitative estimate of drug-likeness (QED) is 0.509. The molecule has 6 heteroatoms. The Morgan fingerprint density at radius 1 is 1.07 bits per heavy atom. The van der Waals surface area contributed by atoms with E-state index in [0.717, 1.165) is 37.1 Å². The van der Waals surface area contributed by atoms with Crippen molar-refractivity contribution in [1.29, 1.82) is 0 Å². The lowest BCUT2D eigenvalue weighted by molar-refractivity contribution is 0.0379. The predicted octanol–water partition coefficient (Wildman–Crippen LogP) is 5.03. The zero-order chi connectivity index (χ0) is 19.1. The van der Waals surface area contributed by atoms with Crippen LogP contribution in [0.25, 0.3) is 0 Å². The van der Waals surface area contributed by atoms with Crippen LogP contribution >= 0.6 is 23.2 Å². The van der Waals surface area contributed by atoms with Gasteiger partial charge in [0.15, 0.2) is 0 Å². The van der Waals surface area contributed by atoms with Crippen molar-refractivity contribution in [3.8, 4) is 0 Å². The molecule has 1 unspecified atom stereocenters. The van der Waals surface area contributed by atoms with Crippen molar-refractivity contribution in [3.63, 3.8) is 0 Å². The molecular formula is C21H23Cl2N3O. The van der Waals surface area contributed by atoms with Crippen LogP contribution in [0.1, 0.15) is 17.5 Å². The van der Waals surface area contributed by atoms with E-state index in [1.807, 2.05) is 53.5 Å². The van der Waals surface area contributed by atoms with Crippen molar-refractivity contribution in [2.45, 2.75) is 31.9 Å². The molecule has 0 aliphatic carbocycles. The topological polar surface area (TPSA) is 53.1 Å². The molecule has 1 atom stereocenters. The standard InChI is InChI=1S/C21H23Cl2N3O/c22-18-5-3-17(21(23)13-18)4-8-20(14-26-11-10-25-15-26)27-12-9-16-1-6-19(24)7-2-16/h1-3,5-7,10-11,13,15,20H,4,8-9,12,14,24H2. The number of aryl methyl sites for hydroxylation is 1. The van der Waals surface area contributed by atoms with Gasteiger partial charge in [0.2, 0.25) is 0 Å². The number of nitrogens with zero attached hydrogens (tertiary/aromatic N) is 2. The van der Waals surface area contributed by atoms with E-state index in [4.69, 9.17) is 33.7 Å². The largest absolute Gasteiger partial charge is 0.399 e. The average molecular weight is 404 g/mol. The van der Waals surface area contributed by atoms with Crippen molar-refractivity contribution < 1.29 is 4.74 Å². The van der Waals surface area contributed by atoms with Crippen molar-refractivity contribution in [3.05, 3.63) is 82.4 Å². The third-order valence-electron chi connectivity index (χ3n) is 4.45. The molecule has 0 saturated carbocycles. The number of aromatic nitrogens is 2. The number of hydrogen-bond donors (Lipinski definition) is 1. The summed E-state index contributed by atoms with van der Waals surface area (Å²) < 4.78 is 8.22. The Bertz CT molecular complexity index is 835. The highest BCUT2D eigenvalue weighted by atomic mass is 35.5. The van der Waals surface area contributed by atoms with E-state index < -0.39 is 0 Å². The number of hydrogen-bond acceptors (Lipinski definition) is 3. The fraction of sp³-hybridized carbons (Fsp3) is 0.286. The molecule has 3 aromatic rings. The van der Waals surface area contributed by atoms with Crippen LogP contribution < -0.4 is 5.73 Å². The van der Waals surface area contributed by atoms with Gasteiger partial charge in [-0.05, 0) is 54.7 Å². The van der Waals surface area contributed by atoms with E-state index in [2.05, 4.69) is 4.98 Å². The van der Waals surface area contributed by atoms with Crippen LogP contribution in [0.2, 0.25) is 10.0 Å². The average Bonchev–Trinajstić information content (AvgIpc) is 3.15. The van der Waals surface area contributed by atoms with Crippen LogP contribution in [0.3, 0.4) is 0 Å². The summed E-state index contributed by atoms with van der Waals surface area (Å²) in [4.78, 5) is 4.11. The fourth-order valence-electron chi connectivity index (χ4n) is 2.93. The zero-order valence-corrected chi connectivity index (χ0v) is 16.5. The van der Waals surface area contributed by atoms with E-state index in [1.165, 1.54) is 5.56 Å². The molecule has 1 heterocycles. The first-order valence-electron chi connectivity index (χ1n) is 8.96. The monoisotopic (exact) mass is 403 g/mol. The van der Waals surface area contributed by atoms with Crippen LogP contribution in [0.4, 0.5) is 5.69 Å². The van der Waals surface area contributed by atoms with Gasteiger partial charge in [0.1, 0.15) is 0 Å². The number of nitrogen functional groups attached to an aromatic ring is 1. The zero-order valence-electron chi connectivity index (χ0n) is 15.0. The Balaban J connectivity index is 1.57. The van der Waals surface area contributed by atoms with Crippen LogP contribution in [0.5, 0.6) is 0 Å². The minimum atomic E-state index is 0.0692. The van der Waals surface area contributed by atoms with Gasteiger partial charge in [-0.2, -0.15) is 0 Å². The lowest BCUT2D eigenvalue weighted by atomic mass is 10.1. The lowest BCUT2D eigenvalue weighted by Crippen LogP contribution is -2.22.